The van der Waals surface area contributed by atoms with Crippen molar-refractivity contribution in [3.8, 4) is 0 Å². The van der Waals surface area contributed by atoms with Crippen molar-refractivity contribution in [2.75, 3.05) is 13.2 Å². The number of rotatable bonds is 5. The highest BCUT2D eigenvalue weighted by Crippen LogP contribution is 2.28. The Hall–Kier alpha value is -1.43. The number of aliphatic hydroxyl groups is 2. The number of aryl methyl sites for hydroxylation is 1. The average Bonchev–Trinajstić information content (AvgIpc) is 2.82. The molecular formula is C13H16ClN3O2. The number of nitrogens with zero attached hydrogens (tertiary/aromatic N) is 3. The van der Waals surface area contributed by atoms with Gasteiger partial charge in [-0.3, -0.25) is 4.68 Å². The first-order chi connectivity index (χ1) is 9.09. The number of halogens is 1. The van der Waals surface area contributed by atoms with Crippen LogP contribution in [0.15, 0.2) is 30.5 Å². The topological polar surface area (TPSA) is 71.2 Å². The van der Waals surface area contributed by atoms with Crippen LogP contribution in [-0.2, 0) is 18.9 Å². The van der Waals surface area contributed by atoms with Gasteiger partial charge in [0.05, 0.1) is 18.9 Å². The van der Waals surface area contributed by atoms with E-state index < -0.39 is 5.41 Å². The molecule has 0 aliphatic rings. The van der Waals surface area contributed by atoms with Crippen molar-refractivity contribution in [1.29, 1.82) is 0 Å². The third kappa shape index (κ3) is 2.94. The van der Waals surface area contributed by atoms with Crippen molar-refractivity contribution in [3.63, 3.8) is 0 Å². The molecule has 19 heavy (non-hydrogen) atoms. The van der Waals surface area contributed by atoms with Crippen molar-refractivity contribution in [3.05, 3.63) is 46.7 Å². The molecule has 1 aromatic heterocycles. The minimum absolute atomic E-state index is 0.179. The molecule has 0 unspecified atom stereocenters. The molecule has 2 N–H and O–H groups in total. The molecule has 0 amide bonds. The highest BCUT2D eigenvalue weighted by molar-refractivity contribution is 6.30. The lowest BCUT2D eigenvalue weighted by molar-refractivity contribution is 0.115. The molecule has 0 saturated heterocycles. The molecule has 1 aromatic carbocycles. The van der Waals surface area contributed by atoms with E-state index in [1.807, 2.05) is 12.1 Å². The maximum atomic E-state index is 9.72. The van der Waals surface area contributed by atoms with Gasteiger partial charge in [-0.1, -0.05) is 28.9 Å². The molecule has 0 aliphatic heterocycles. The van der Waals surface area contributed by atoms with E-state index in [4.69, 9.17) is 11.6 Å². The molecule has 0 saturated carbocycles. The van der Waals surface area contributed by atoms with Gasteiger partial charge in [-0.2, -0.15) is 0 Å². The summed E-state index contributed by atoms with van der Waals surface area (Å²) in [5.74, 6) is 0. The number of hydrogen-bond donors (Lipinski definition) is 2. The molecule has 0 atom stereocenters. The van der Waals surface area contributed by atoms with Gasteiger partial charge in [0.15, 0.2) is 0 Å². The van der Waals surface area contributed by atoms with Gasteiger partial charge in [0.1, 0.15) is 0 Å². The number of hydrogen-bond acceptors (Lipinski definition) is 4. The fourth-order valence-electron chi connectivity index (χ4n) is 2.07. The van der Waals surface area contributed by atoms with Gasteiger partial charge in [0, 0.05) is 30.1 Å². The van der Waals surface area contributed by atoms with Gasteiger partial charge < -0.3 is 10.2 Å². The molecule has 0 bridgehead atoms. The van der Waals surface area contributed by atoms with E-state index >= 15 is 0 Å². The molecule has 5 nitrogen and oxygen atoms in total. The third-order valence-electron chi connectivity index (χ3n) is 3.23. The molecule has 0 aliphatic carbocycles. The van der Waals surface area contributed by atoms with Crippen LogP contribution < -0.4 is 0 Å². The van der Waals surface area contributed by atoms with Gasteiger partial charge in [0.2, 0.25) is 0 Å². The van der Waals surface area contributed by atoms with E-state index in [0.29, 0.717) is 11.4 Å². The van der Waals surface area contributed by atoms with Crippen LogP contribution in [-0.4, -0.2) is 38.4 Å². The minimum Gasteiger partial charge on any atom is -0.395 e. The lowest BCUT2D eigenvalue weighted by Gasteiger charge is -2.29. The van der Waals surface area contributed by atoms with Crippen molar-refractivity contribution >= 4 is 11.6 Å². The normalized spacial score (nSPS) is 11.8. The zero-order valence-electron chi connectivity index (χ0n) is 10.6. The summed E-state index contributed by atoms with van der Waals surface area (Å²) in [7, 11) is 1.78. The Morgan fingerprint density at radius 1 is 1.21 bits per heavy atom. The highest BCUT2D eigenvalue weighted by atomic mass is 35.5. The molecule has 2 rings (SSSR count). The monoisotopic (exact) mass is 281 g/mol. The van der Waals surface area contributed by atoms with E-state index in [-0.39, 0.29) is 13.2 Å². The van der Waals surface area contributed by atoms with Crippen molar-refractivity contribution < 1.29 is 10.2 Å². The lowest BCUT2D eigenvalue weighted by Crippen LogP contribution is -2.37. The predicted molar refractivity (Wildman–Crippen MR) is 72.0 cm³/mol. The predicted octanol–water partition coefficient (Wildman–Crippen LogP) is 0.934. The Balaban J connectivity index is 2.33. The van der Waals surface area contributed by atoms with Crippen molar-refractivity contribution in [1.82, 2.24) is 15.0 Å². The highest BCUT2D eigenvalue weighted by Gasteiger charge is 2.32. The minimum atomic E-state index is -0.777. The van der Waals surface area contributed by atoms with E-state index in [9.17, 15) is 10.2 Å². The Morgan fingerprint density at radius 3 is 2.32 bits per heavy atom. The first-order valence-electron chi connectivity index (χ1n) is 5.92. The zero-order valence-corrected chi connectivity index (χ0v) is 11.4. The van der Waals surface area contributed by atoms with Gasteiger partial charge in [-0.15, -0.1) is 5.10 Å². The van der Waals surface area contributed by atoms with E-state index in [1.54, 1.807) is 30.1 Å². The summed E-state index contributed by atoms with van der Waals surface area (Å²) in [4.78, 5) is 0. The summed E-state index contributed by atoms with van der Waals surface area (Å²) in [5, 5.41) is 27.9. The van der Waals surface area contributed by atoms with Crippen LogP contribution in [0.25, 0.3) is 0 Å². The van der Waals surface area contributed by atoms with E-state index in [1.165, 1.54) is 0 Å². The summed E-state index contributed by atoms with van der Waals surface area (Å²) in [5.41, 5.74) is 0.772. The standard InChI is InChI=1S/C13H16ClN3O2/c1-17-7-12(15-16-17)6-13(8-18,9-19)10-2-4-11(14)5-3-10/h2-5,7,18-19H,6,8-9H2,1H3. The van der Waals surface area contributed by atoms with Gasteiger partial charge in [0.25, 0.3) is 0 Å². The molecule has 0 fully saturated rings. The number of aliphatic hydroxyl groups excluding tert-OH is 2. The van der Waals surface area contributed by atoms with Crippen LogP contribution in [0.2, 0.25) is 5.02 Å². The van der Waals surface area contributed by atoms with E-state index in [2.05, 4.69) is 10.3 Å². The third-order valence-corrected chi connectivity index (χ3v) is 3.48. The fourth-order valence-corrected chi connectivity index (χ4v) is 2.20. The van der Waals surface area contributed by atoms with Crippen LogP contribution in [0, 0.1) is 0 Å². The summed E-state index contributed by atoms with van der Waals surface area (Å²) in [6, 6.07) is 7.11. The Morgan fingerprint density at radius 2 is 1.84 bits per heavy atom. The van der Waals surface area contributed by atoms with Crippen LogP contribution in [0.1, 0.15) is 11.3 Å². The quantitative estimate of drug-likeness (QED) is 0.855. The number of benzene rings is 1. The fraction of sp³-hybridized carbons (Fsp3) is 0.385. The smallest absolute Gasteiger partial charge is 0.0837 e. The molecule has 6 heteroatoms. The molecule has 102 valence electrons. The SMILES string of the molecule is Cn1cc(CC(CO)(CO)c2ccc(Cl)cc2)nn1. The summed E-state index contributed by atoms with van der Waals surface area (Å²) >= 11 is 5.86. The maximum Gasteiger partial charge on any atom is 0.0837 e. The average molecular weight is 282 g/mol. The molecular weight excluding hydrogens is 266 g/mol. The second kappa shape index (κ2) is 5.69. The summed E-state index contributed by atoms with van der Waals surface area (Å²) in [6.07, 6.45) is 2.19. The Bertz CT molecular complexity index is 535. The largest absolute Gasteiger partial charge is 0.395 e. The second-order valence-corrected chi connectivity index (χ2v) is 5.10. The molecule has 2 aromatic rings. The Labute approximate surface area is 116 Å². The summed E-state index contributed by atoms with van der Waals surface area (Å²) < 4.78 is 1.59. The first kappa shape index (κ1) is 14.0. The lowest BCUT2D eigenvalue weighted by atomic mass is 9.78. The van der Waals surface area contributed by atoms with Crippen molar-refractivity contribution in [2.24, 2.45) is 7.05 Å². The van der Waals surface area contributed by atoms with Crippen LogP contribution in [0.5, 0.6) is 0 Å². The van der Waals surface area contributed by atoms with Crippen LogP contribution >= 0.6 is 11.6 Å². The zero-order chi connectivity index (χ0) is 13.9. The molecule has 0 spiro atoms. The second-order valence-electron chi connectivity index (χ2n) is 4.66. The van der Waals surface area contributed by atoms with Crippen LogP contribution in [0.3, 0.4) is 0 Å². The van der Waals surface area contributed by atoms with Gasteiger partial charge in [-0.05, 0) is 17.7 Å². The molecule has 0 radical (unpaired) electrons. The molecule has 1 heterocycles. The summed E-state index contributed by atoms with van der Waals surface area (Å²) in [6.45, 7) is -0.358. The maximum absolute atomic E-state index is 9.72. The van der Waals surface area contributed by atoms with Crippen molar-refractivity contribution in [2.45, 2.75) is 11.8 Å². The van der Waals surface area contributed by atoms with E-state index in [0.717, 1.165) is 11.3 Å². The Kier molecular flexibility index (Phi) is 4.19. The van der Waals surface area contributed by atoms with Gasteiger partial charge in [-0.25, -0.2) is 0 Å². The van der Waals surface area contributed by atoms with Gasteiger partial charge >= 0.3 is 0 Å². The number of aromatic nitrogens is 3. The van der Waals surface area contributed by atoms with Crippen LogP contribution in [0.4, 0.5) is 0 Å². The first-order valence-corrected chi connectivity index (χ1v) is 6.30.